The lowest BCUT2D eigenvalue weighted by molar-refractivity contribution is 0.290. The van der Waals surface area contributed by atoms with Crippen molar-refractivity contribution < 1.29 is 0 Å². The molecule has 3 heteroatoms. The molecule has 1 heterocycles. The number of rotatable bonds is 3. The summed E-state index contributed by atoms with van der Waals surface area (Å²) in [7, 11) is 1.93. The highest BCUT2D eigenvalue weighted by Crippen LogP contribution is 2.07. The van der Waals surface area contributed by atoms with E-state index in [1.54, 1.807) is 6.20 Å². The summed E-state index contributed by atoms with van der Waals surface area (Å²) < 4.78 is 0. The molecule has 0 radical (unpaired) electrons. The molecule has 0 saturated heterocycles. The Hall–Kier alpha value is -1.40. The van der Waals surface area contributed by atoms with Gasteiger partial charge >= 0.3 is 0 Å². The van der Waals surface area contributed by atoms with Gasteiger partial charge in [0.1, 0.15) is 0 Å². The zero-order valence-electron chi connectivity index (χ0n) is 8.86. The highest BCUT2D eigenvalue weighted by atomic mass is 15.1. The van der Waals surface area contributed by atoms with E-state index in [4.69, 9.17) is 5.26 Å². The van der Waals surface area contributed by atoms with Crippen LogP contribution in [0.1, 0.15) is 18.2 Å². The molecule has 1 aromatic rings. The zero-order valence-corrected chi connectivity index (χ0v) is 8.86. The van der Waals surface area contributed by atoms with E-state index >= 15 is 0 Å². The minimum Gasteiger partial charge on any atom is -0.285 e. The minimum absolute atomic E-state index is 0.0728. The van der Waals surface area contributed by atoms with Crippen molar-refractivity contribution in [3.8, 4) is 6.07 Å². The van der Waals surface area contributed by atoms with E-state index in [0.29, 0.717) is 0 Å². The van der Waals surface area contributed by atoms with Gasteiger partial charge in [-0.2, -0.15) is 5.26 Å². The molecule has 0 aromatic carbocycles. The number of hydrogen-bond acceptors (Lipinski definition) is 3. The first-order chi connectivity index (χ1) is 6.65. The lowest BCUT2D eigenvalue weighted by Gasteiger charge is -2.18. The fourth-order valence-electron chi connectivity index (χ4n) is 1.16. The van der Waals surface area contributed by atoms with Gasteiger partial charge in [-0.15, -0.1) is 0 Å². The van der Waals surface area contributed by atoms with E-state index in [1.165, 1.54) is 5.56 Å². The predicted molar refractivity (Wildman–Crippen MR) is 55.5 cm³/mol. The molecule has 3 nitrogen and oxygen atoms in total. The molecule has 1 aromatic heterocycles. The molecule has 0 fully saturated rings. The van der Waals surface area contributed by atoms with E-state index in [9.17, 15) is 0 Å². The molecular weight excluding hydrogens is 174 g/mol. The first-order valence-electron chi connectivity index (χ1n) is 4.65. The molecule has 1 atom stereocenters. The Morgan fingerprint density at radius 2 is 2.36 bits per heavy atom. The topological polar surface area (TPSA) is 39.9 Å². The molecule has 0 bridgehead atoms. The molecular formula is C11H15N3. The third kappa shape index (κ3) is 2.54. The summed E-state index contributed by atoms with van der Waals surface area (Å²) in [4.78, 5) is 6.27. The molecule has 0 aliphatic rings. The highest BCUT2D eigenvalue weighted by molar-refractivity contribution is 5.17. The molecule has 1 rings (SSSR count). The van der Waals surface area contributed by atoms with Gasteiger partial charge in [0.15, 0.2) is 0 Å². The molecule has 74 valence electrons. The van der Waals surface area contributed by atoms with Crippen LogP contribution in [-0.2, 0) is 6.54 Å². The fraction of sp³-hybridized carbons (Fsp3) is 0.455. The maximum atomic E-state index is 8.74. The number of nitrogens with zero attached hydrogens (tertiary/aromatic N) is 3. The van der Waals surface area contributed by atoms with Crippen molar-refractivity contribution in [3.05, 3.63) is 29.6 Å². The van der Waals surface area contributed by atoms with Crippen LogP contribution in [0.25, 0.3) is 0 Å². The van der Waals surface area contributed by atoms with Crippen LogP contribution in [0.2, 0.25) is 0 Å². The number of aryl methyl sites for hydroxylation is 1. The summed E-state index contributed by atoms with van der Waals surface area (Å²) in [5.41, 5.74) is 2.21. The zero-order chi connectivity index (χ0) is 10.6. The number of aromatic nitrogens is 1. The highest BCUT2D eigenvalue weighted by Gasteiger charge is 2.09. The molecule has 14 heavy (non-hydrogen) atoms. The van der Waals surface area contributed by atoms with Gasteiger partial charge in [-0.1, -0.05) is 6.07 Å². The van der Waals surface area contributed by atoms with Crippen molar-refractivity contribution in [2.24, 2.45) is 0 Å². The van der Waals surface area contributed by atoms with Gasteiger partial charge in [-0.25, -0.2) is 0 Å². The van der Waals surface area contributed by atoms with Crippen LogP contribution in [0.4, 0.5) is 0 Å². The Balaban J connectivity index is 2.70. The molecule has 0 aliphatic carbocycles. The van der Waals surface area contributed by atoms with E-state index in [0.717, 1.165) is 12.2 Å². The van der Waals surface area contributed by atoms with Gasteiger partial charge in [-0.3, -0.25) is 9.88 Å². The molecule has 0 N–H and O–H groups in total. The number of hydrogen-bond donors (Lipinski definition) is 0. The largest absolute Gasteiger partial charge is 0.285 e. The third-order valence-corrected chi connectivity index (χ3v) is 2.37. The Bertz CT molecular complexity index is 341. The second kappa shape index (κ2) is 4.73. The number of pyridine rings is 1. The summed E-state index contributed by atoms with van der Waals surface area (Å²) in [5.74, 6) is 0. The first-order valence-corrected chi connectivity index (χ1v) is 4.65. The van der Waals surface area contributed by atoms with Crippen molar-refractivity contribution in [3.63, 3.8) is 0 Å². The molecule has 0 spiro atoms. The van der Waals surface area contributed by atoms with Gasteiger partial charge in [-0.05, 0) is 32.5 Å². The van der Waals surface area contributed by atoms with Crippen LogP contribution in [0.5, 0.6) is 0 Å². The van der Waals surface area contributed by atoms with Gasteiger partial charge in [0.2, 0.25) is 0 Å². The molecule has 1 unspecified atom stereocenters. The Kier molecular flexibility index (Phi) is 3.61. The fourth-order valence-corrected chi connectivity index (χ4v) is 1.16. The summed E-state index contributed by atoms with van der Waals surface area (Å²) >= 11 is 0. The van der Waals surface area contributed by atoms with Crippen LogP contribution < -0.4 is 0 Å². The Morgan fingerprint density at radius 3 is 2.93 bits per heavy atom. The average molecular weight is 189 g/mol. The van der Waals surface area contributed by atoms with Gasteiger partial charge < -0.3 is 0 Å². The van der Waals surface area contributed by atoms with E-state index in [2.05, 4.69) is 11.1 Å². The summed E-state index contributed by atoms with van der Waals surface area (Å²) in [6.07, 6.45) is 1.78. The van der Waals surface area contributed by atoms with Crippen LogP contribution >= 0.6 is 0 Å². The van der Waals surface area contributed by atoms with Crippen molar-refractivity contribution in [1.82, 2.24) is 9.88 Å². The summed E-state index contributed by atoms with van der Waals surface area (Å²) in [5, 5.41) is 8.74. The lowest BCUT2D eigenvalue weighted by Crippen LogP contribution is -2.27. The normalized spacial score (nSPS) is 12.5. The van der Waals surface area contributed by atoms with Crippen molar-refractivity contribution in [2.45, 2.75) is 26.4 Å². The van der Waals surface area contributed by atoms with Gasteiger partial charge in [0, 0.05) is 12.7 Å². The smallest absolute Gasteiger partial charge is 0.0950 e. The van der Waals surface area contributed by atoms with Crippen molar-refractivity contribution >= 4 is 0 Å². The van der Waals surface area contributed by atoms with E-state index in [1.807, 2.05) is 37.9 Å². The first kappa shape index (κ1) is 10.7. The maximum Gasteiger partial charge on any atom is 0.0950 e. The third-order valence-electron chi connectivity index (χ3n) is 2.37. The Morgan fingerprint density at radius 1 is 1.64 bits per heavy atom. The van der Waals surface area contributed by atoms with Crippen molar-refractivity contribution in [1.29, 1.82) is 5.26 Å². The lowest BCUT2D eigenvalue weighted by atomic mass is 10.2. The molecule has 0 aliphatic heterocycles. The van der Waals surface area contributed by atoms with Crippen molar-refractivity contribution in [2.75, 3.05) is 7.05 Å². The Labute approximate surface area is 85.0 Å². The van der Waals surface area contributed by atoms with Crippen LogP contribution in [-0.4, -0.2) is 23.0 Å². The predicted octanol–water partition coefficient (Wildman–Crippen LogP) is 1.73. The summed E-state index contributed by atoms with van der Waals surface area (Å²) in [6.45, 7) is 4.65. The summed E-state index contributed by atoms with van der Waals surface area (Å²) in [6, 6.07) is 6.09. The molecule has 0 saturated carbocycles. The maximum absolute atomic E-state index is 8.74. The van der Waals surface area contributed by atoms with Crippen LogP contribution in [0.3, 0.4) is 0 Å². The average Bonchev–Trinajstić information content (AvgIpc) is 2.20. The van der Waals surface area contributed by atoms with E-state index in [-0.39, 0.29) is 6.04 Å². The van der Waals surface area contributed by atoms with Crippen LogP contribution in [0, 0.1) is 18.3 Å². The number of nitriles is 1. The van der Waals surface area contributed by atoms with E-state index < -0.39 is 0 Å². The molecule has 0 amide bonds. The van der Waals surface area contributed by atoms with Crippen LogP contribution in [0.15, 0.2) is 18.3 Å². The minimum atomic E-state index is -0.0728. The van der Waals surface area contributed by atoms with Gasteiger partial charge in [0.25, 0.3) is 0 Å². The standard InChI is InChI=1S/C11H15N3/c1-9-5-4-6-13-11(9)8-14(3)10(2)7-12/h4-6,10H,8H2,1-3H3. The second-order valence-corrected chi connectivity index (χ2v) is 3.49. The SMILES string of the molecule is Cc1cccnc1CN(C)C(C)C#N. The second-order valence-electron chi connectivity index (χ2n) is 3.49. The quantitative estimate of drug-likeness (QED) is 0.727. The van der Waals surface area contributed by atoms with Gasteiger partial charge in [0.05, 0.1) is 17.8 Å². The monoisotopic (exact) mass is 189 g/mol.